The third kappa shape index (κ3) is 5.53. The Hall–Kier alpha value is -2.02. The van der Waals surface area contributed by atoms with Crippen LogP contribution in [0.4, 0.5) is 4.79 Å². The average molecular weight is 406 g/mol. The molecule has 3 rings (SSSR count). The van der Waals surface area contributed by atoms with E-state index in [1.54, 1.807) is 4.90 Å². The molecule has 1 aromatic heterocycles. The summed E-state index contributed by atoms with van der Waals surface area (Å²) in [4.78, 5) is 29.1. The van der Waals surface area contributed by atoms with Gasteiger partial charge in [0.25, 0.3) is 5.91 Å². The smallest absolute Gasteiger partial charge is 0.410 e. The molecule has 2 fully saturated rings. The Bertz CT molecular complexity index is 695. The van der Waals surface area contributed by atoms with Gasteiger partial charge in [-0.1, -0.05) is 0 Å². The molecule has 7 heteroatoms. The van der Waals surface area contributed by atoms with Crippen LogP contribution in [0.2, 0.25) is 0 Å². The lowest BCUT2D eigenvalue weighted by molar-refractivity contribution is 0.0186. The van der Waals surface area contributed by atoms with Crippen molar-refractivity contribution < 1.29 is 19.1 Å². The van der Waals surface area contributed by atoms with Crippen molar-refractivity contribution in [2.24, 2.45) is 0 Å². The Balaban J connectivity index is 1.61. The van der Waals surface area contributed by atoms with E-state index in [1.807, 2.05) is 50.9 Å². The molecule has 0 aliphatic carbocycles. The van der Waals surface area contributed by atoms with Crippen molar-refractivity contribution in [1.29, 1.82) is 0 Å². The van der Waals surface area contributed by atoms with Crippen molar-refractivity contribution in [3.05, 3.63) is 24.0 Å². The lowest BCUT2D eigenvalue weighted by atomic mass is 10.0. The number of ether oxygens (including phenoxy) is 2. The van der Waals surface area contributed by atoms with Crippen LogP contribution in [0.5, 0.6) is 0 Å². The third-order valence-corrected chi connectivity index (χ3v) is 5.62. The van der Waals surface area contributed by atoms with Crippen molar-refractivity contribution in [3.8, 4) is 0 Å². The van der Waals surface area contributed by atoms with Crippen molar-refractivity contribution >= 4 is 12.0 Å². The van der Waals surface area contributed by atoms with Gasteiger partial charge in [-0.25, -0.2) is 4.79 Å². The maximum atomic E-state index is 13.2. The van der Waals surface area contributed by atoms with Gasteiger partial charge in [0.05, 0.1) is 6.10 Å². The third-order valence-electron chi connectivity index (χ3n) is 5.62. The SMILES string of the molecule is CCN(CC1CCCO1)C(=O)c1cccn1C1CCN(C(=O)OC(C)(C)C)CC1. The number of carbonyl (C=O) groups is 2. The molecule has 29 heavy (non-hydrogen) atoms. The van der Waals surface area contributed by atoms with Gasteiger partial charge in [-0.15, -0.1) is 0 Å². The molecule has 2 aliphatic heterocycles. The number of hydrogen-bond donors (Lipinski definition) is 0. The second-order valence-corrected chi connectivity index (χ2v) is 8.98. The molecule has 7 nitrogen and oxygen atoms in total. The maximum Gasteiger partial charge on any atom is 0.410 e. The van der Waals surface area contributed by atoms with Crippen molar-refractivity contribution in [2.75, 3.05) is 32.8 Å². The maximum absolute atomic E-state index is 13.2. The Labute approximate surface area is 173 Å². The van der Waals surface area contributed by atoms with Crippen molar-refractivity contribution in [1.82, 2.24) is 14.4 Å². The normalized spacial score (nSPS) is 20.7. The van der Waals surface area contributed by atoms with Gasteiger partial charge in [0.2, 0.25) is 0 Å². The summed E-state index contributed by atoms with van der Waals surface area (Å²) in [5.41, 5.74) is 0.237. The van der Waals surface area contributed by atoms with Crippen LogP contribution in [-0.2, 0) is 9.47 Å². The summed E-state index contributed by atoms with van der Waals surface area (Å²) < 4.78 is 13.3. The number of likely N-dealkylation sites (N-methyl/N-ethyl adjacent to an activating group) is 1. The number of hydrogen-bond acceptors (Lipinski definition) is 4. The standard InChI is InChI=1S/C22H35N3O4/c1-5-23(16-18-8-7-15-28-18)20(26)19-9-6-12-25(19)17-10-13-24(14-11-17)21(27)29-22(2,3)4/h6,9,12,17-18H,5,7-8,10-11,13-16H2,1-4H3. The Kier molecular flexibility index (Phi) is 6.88. The van der Waals surface area contributed by atoms with Gasteiger partial charge in [-0.3, -0.25) is 4.79 Å². The topological polar surface area (TPSA) is 64.0 Å². The number of aromatic nitrogens is 1. The molecule has 0 spiro atoms. The van der Waals surface area contributed by atoms with Crippen LogP contribution in [0, 0.1) is 0 Å². The first kappa shape index (κ1) is 21.7. The fourth-order valence-corrected chi connectivity index (χ4v) is 4.10. The molecule has 2 amide bonds. The largest absolute Gasteiger partial charge is 0.444 e. The highest BCUT2D eigenvalue weighted by Crippen LogP contribution is 2.26. The van der Waals surface area contributed by atoms with E-state index in [4.69, 9.17) is 9.47 Å². The number of nitrogens with zero attached hydrogens (tertiary/aromatic N) is 3. The summed E-state index contributed by atoms with van der Waals surface area (Å²) in [6.45, 7) is 11.0. The van der Waals surface area contributed by atoms with Gasteiger partial charge < -0.3 is 23.8 Å². The molecule has 0 aromatic carbocycles. The van der Waals surface area contributed by atoms with Crippen molar-refractivity contribution in [3.63, 3.8) is 0 Å². The summed E-state index contributed by atoms with van der Waals surface area (Å²) in [7, 11) is 0. The zero-order valence-corrected chi connectivity index (χ0v) is 18.2. The highest BCUT2D eigenvalue weighted by atomic mass is 16.6. The second-order valence-electron chi connectivity index (χ2n) is 8.98. The highest BCUT2D eigenvalue weighted by molar-refractivity contribution is 5.92. The van der Waals surface area contributed by atoms with E-state index in [0.717, 1.165) is 38.0 Å². The molecule has 0 N–H and O–H groups in total. The molecule has 2 aliphatic rings. The number of amides is 2. The van der Waals surface area contributed by atoms with Crippen LogP contribution in [0.1, 0.15) is 69.9 Å². The monoisotopic (exact) mass is 405 g/mol. The lowest BCUT2D eigenvalue weighted by Gasteiger charge is -2.35. The summed E-state index contributed by atoms with van der Waals surface area (Å²) in [6, 6.07) is 4.05. The van der Waals surface area contributed by atoms with Gasteiger partial charge in [0, 0.05) is 45.0 Å². The van der Waals surface area contributed by atoms with E-state index in [-0.39, 0.29) is 24.1 Å². The summed E-state index contributed by atoms with van der Waals surface area (Å²) in [5.74, 6) is 0.0579. The van der Waals surface area contributed by atoms with E-state index in [0.29, 0.717) is 26.2 Å². The van der Waals surface area contributed by atoms with Gasteiger partial charge in [0.15, 0.2) is 0 Å². The first-order chi connectivity index (χ1) is 13.8. The van der Waals surface area contributed by atoms with Gasteiger partial charge in [-0.05, 0) is 65.5 Å². The Morgan fingerprint density at radius 1 is 1.24 bits per heavy atom. The zero-order chi connectivity index (χ0) is 21.0. The van der Waals surface area contributed by atoms with Crippen LogP contribution < -0.4 is 0 Å². The molecule has 2 saturated heterocycles. The fraction of sp³-hybridized carbons (Fsp3) is 0.727. The van der Waals surface area contributed by atoms with E-state index < -0.39 is 5.60 Å². The Morgan fingerprint density at radius 3 is 2.55 bits per heavy atom. The van der Waals surface area contributed by atoms with E-state index in [9.17, 15) is 9.59 Å². The molecule has 3 heterocycles. The van der Waals surface area contributed by atoms with Crippen LogP contribution in [-0.4, -0.2) is 70.9 Å². The molecular weight excluding hydrogens is 370 g/mol. The first-order valence-corrected chi connectivity index (χ1v) is 10.8. The number of rotatable bonds is 5. The van der Waals surface area contributed by atoms with Gasteiger partial charge >= 0.3 is 6.09 Å². The number of likely N-dealkylation sites (tertiary alicyclic amines) is 1. The first-order valence-electron chi connectivity index (χ1n) is 10.8. The van der Waals surface area contributed by atoms with Gasteiger partial charge in [-0.2, -0.15) is 0 Å². The summed E-state index contributed by atoms with van der Waals surface area (Å²) in [5, 5.41) is 0. The molecule has 1 unspecified atom stereocenters. The van der Waals surface area contributed by atoms with Crippen LogP contribution in [0.3, 0.4) is 0 Å². The van der Waals surface area contributed by atoms with Crippen LogP contribution >= 0.6 is 0 Å². The molecule has 0 saturated carbocycles. The van der Waals surface area contributed by atoms with Crippen LogP contribution in [0.25, 0.3) is 0 Å². The minimum Gasteiger partial charge on any atom is -0.444 e. The molecule has 0 bridgehead atoms. The lowest BCUT2D eigenvalue weighted by Crippen LogP contribution is -2.43. The Morgan fingerprint density at radius 2 is 1.97 bits per heavy atom. The highest BCUT2D eigenvalue weighted by Gasteiger charge is 2.30. The molecule has 0 radical (unpaired) electrons. The van der Waals surface area contributed by atoms with E-state index in [1.165, 1.54) is 0 Å². The quantitative estimate of drug-likeness (QED) is 0.749. The van der Waals surface area contributed by atoms with Gasteiger partial charge in [0.1, 0.15) is 11.3 Å². The minimum absolute atomic E-state index is 0.0579. The summed E-state index contributed by atoms with van der Waals surface area (Å²) >= 11 is 0. The number of piperidine rings is 1. The molecule has 1 atom stereocenters. The fourth-order valence-electron chi connectivity index (χ4n) is 4.10. The molecule has 162 valence electrons. The van der Waals surface area contributed by atoms with Crippen molar-refractivity contribution in [2.45, 2.75) is 71.1 Å². The molecule has 1 aromatic rings. The van der Waals surface area contributed by atoms with E-state index in [2.05, 4.69) is 4.57 Å². The second kappa shape index (κ2) is 9.20. The predicted octanol–water partition coefficient (Wildman–Crippen LogP) is 3.70. The predicted molar refractivity (Wildman–Crippen MR) is 111 cm³/mol. The number of carbonyl (C=O) groups excluding carboxylic acids is 2. The minimum atomic E-state index is -0.486. The van der Waals surface area contributed by atoms with Crippen LogP contribution in [0.15, 0.2) is 18.3 Å². The average Bonchev–Trinajstić information content (AvgIpc) is 3.36. The van der Waals surface area contributed by atoms with E-state index >= 15 is 0 Å². The zero-order valence-electron chi connectivity index (χ0n) is 18.2. The molecular formula is C22H35N3O4. The summed E-state index contributed by atoms with van der Waals surface area (Å²) in [6.07, 6.45) is 5.60.